The number of aliphatic hydroxyl groups excluding tert-OH is 2. The standard InChI is InChI=1S/C18H28F10O6/c1-13(5-29,9-33-11-15(19,20)17(23,24)25)7-31-3-4-32-8-14(2,6-30)10-34-12-16(21,22)18(26,27)28/h29-30H,3-12H2,1-2H3. The van der Waals surface area contributed by atoms with E-state index in [-0.39, 0.29) is 26.4 Å². The smallest absolute Gasteiger partial charge is 0.396 e. The Labute approximate surface area is 189 Å². The Bertz CT molecular complexity index is 537. The lowest BCUT2D eigenvalue weighted by atomic mass is 9.94. The molecule has 0 rings (SSSR count). The molecule has 0 aliphatic carbocycles. The maximum absolute atomic E-state index is 12.8. The van der Waals surface area contributed by atoms with Crippen LogP contribution in [0.2, 0.25) is 0 Å². The fourth-order valence-corrected chi connectivity index (χ4v) is 2.04. The van der Waals surface area contributed by atoms with Crippen LogP contribution in [-0.4, -0.2) is 100 Å². The molecule has 0 fully saturated rings. The molecule has 0 aliphatic heterocycles. The van der Waals surface area contributed by atoms with E-state index in [1.165, 1.54) is 13.8 Å². The molecule has 2 unspecified atom stereocenters. The Morgan fingerprint density at radius 2 is 0.735 bits per heavy atom. The van der Waals surface area contributed by atoms with Crippen LogP contribution in [0.1, 0.15) is 13.8 Å². The van der Waals surface area contributed by atoms with Crippen molar-refractivity contribution in [2.24, 2.45) is 10.8 Å². The largest absolute Gasteiger partial charge is 0.455 e. The average molecular weight is 530 g/mol. The summed E-state index contributed by atoms with van der Waals surface area (Å²) in [7, 11) is 0. The summed E-state index contributed by atoms with van der Waals surface area (Å²) in [5, 5.41) is 18.7. The first-order valence-corrected chi connectivity index (χ1v) is 9.66. The van der Waals surface area contributed by atoms with E-state index in [0.29, 0.717) is 0 Å². The molecular weight excluding hydrogens is 502 g/mol. The highest BCUT2D eigenvalue weighted by Gasteiger charge is 2.58. The van der Waals surface area contributed by atoms with Crippen molar-refractivity contribution in [1.82, 2.24) is 0 Å². The first kappa shape index (κ1) is 33.1. The molecule has 0 spiro atoms. The number of hydrogen-bond donors (Lipinski definition) is 2. The maximum atomic E-state index is 12.8. The molecule has 0 bridgehead atoms. The van der Waals surface area contributed by atoms with E-state index in [9.17, 15) is 54.1 Å². The van der Waals surface area contributed by atoms with Gasteiger partial charge in [-0.25, -0.2) is 0 Å². The van der Waals surface area contributed by atoms with Crippen molar-refractivity contribution in [3.8, 4) is 0 Å². The normalized spacial score (nSPS) is 17.5. The van der Waals surface area contributed by atoms with Gasteiger partial charge in [0.25, 0.3) is 0 Å². The first-order valence-electron chi connectivity index (χ1n) is 9.66. The van der Waals surface area contributed by atoms with Gasteiger partial charge in [0.1, 0.15) is 13.2 Å². The molecule has 2 atom stereocenters. The van der Waals surface area contributed by atoms with Gasteiger partial charge in [-0.1, -0.05) is 13.8 Å². The van der Waals surface area contributed by atoms with E-state index in [1.54, 1.807) is 0 Å². The van der Waals surface area contributed by atoms with Crippen molar-refractivity contribution < 1.29 is 73.1 Å². The number of alkyl halides is 10. The molecule has 206 valence electrons. The topological polar surface area (TPSA) is 77.4 Å². The Kier molecular flexibility index (Phi) is 12.5. The van der Waals surface area contributed by atoms with Crippen molar-refractivity contribution in [3.63, 3.8) is 0 Å². The summed E-state index contributed by atoms with van der Waals surface area (Å²) in [5.74, 6) is -10.1. The van der Waals surface area contributed by atoms with Gasteiger partial charge in [0, 0.05) is 10.8 Å². The average Bonchev–Trinajstić information content (AvgIpc) is 2.68. The number of ether oxygens (including phenoxy) is 4. The minimum atomic E-state index is -5.79. The summed E-state index contributed by atoms with van der Waals surface area (Å²) in [6.45, 7) is -4.98. The Hall–Kier alpha value is -0.940. The van der Waals surface area contributed by atoms with Crippen molar-refractivity contribution in [3.05, 3.63) is 0 Å². The second-order valence-electron chi connectivity index (χ2n) is 8.43. The second kappa shape index (κ2) is 12.9. The molecule has 0 amide bonds. The lowest BCUT2D eigenvalue weighted by Gasteiger charge is -2.29. The molecule has 2 N–H and O–H groups in total. The van der Waals surface area contributed by atoms with E-state index < -0.39 is 74.7 Å². The molecule has 0 aliphatic rings. The molecule has 16 heteroatoms. The van der Waals surface area contributed by atoms with Crippen molar-refractivity contribution >= 4 is 0 Å². The number of aliphatic hydroxyl groups is 2. The molecule has 0 aromatic carbocycles. The van der Waals surface area contributed by atoms with Crippen LogP contribution < -0.4 is 0 Å². The molecule has 0 heterocycles. The highest BCUT2D eigenvalue weighted by atomic mass is 19.4. The zero-order valence-electron chi connectivity index (χ0n) is 18.4. The van der Waals surface area contributed by atoms with Gasteiger partial charge >= 0.3 is 24.2 Å². The summed E-state index contributed by atoms with van der Waals surface area (Å²) in [5.41, 5.74) is -2.64. The SMILES string of the molecule is CC(CO)(COCCOCC(C)(CO)COCC(F)(F)C(F)(F)F)COCC(F)(F)C(F)(F)F. The summed E-state index contributed by atoms with van der Waals surface area (Å²) in [6, 6.07) is 0. The van der Waals surface area contributed by atoms with Crippen LogP contribution in [0.4, 0.5) is 43.9 Å². The van der Waals surface area contributed by atoms with E-state index in [0.717, 1.165) is 0 Å². The fraction of sp³-hybridized carbons (Fsp3) is 1.00. The van der Waals surface area contributed by atoms with Gasteiger partial charge in [0.2, 0.25) is 0 Å². The summed E-state index contributed by atoms with van der Waals surface area (Å²) >= 11 is 0. The van der Waals surface area contributed by atoms with E-state index in [1.807, 2.05) is 0 Å². The van der Waals surface area contributed by atoms with E-state index in [2.05, 4.69) is 9.47 Å². The van der Waals surface area contributed by atoms with Crippen LogP contribution in [0.15, 0.2) is 0 Å². The molecule has 0 aromatic heterocycles. The molecule has 0 aromatic rings. The summed E-state index contributed by atoms with van der Waals surface area (Å²) in [4.78, 5) is 0. The maximum Gasteiger partial charge on any atom is 0.455 e. The third-order valence-electron chi connectivity index (χ3n) is 4.33. The van der Waals surface area contributed by atoms with Crippen LogP contribution in [0.5, 0.6) is 0 Å². The number of rotatable bonds is 17. The highest BCUT2D eigenvalue weighted by molar-refractivity contribution is 4.79. The van der Waals surface area contributed by atoms with Gasteiger partial charge < -0.3 is 29.2 Å². The molecule has 6 nitrogen and oxygen atoms in total. The zero-order valence-corrected chi connectivity index (χ0v) is 18.4. The Morgan fingerprint density at radius 1 is 0.471 bits per heavy atom. The molecule has 0 saturated heterocycles. The minimum absolute atomic E-state index is 0.178. The lowest BCUT2D eigenvalue weighted by molar-refractivity contribution is -0.299. The van der Waals surface area contributed by atoms with E-state index in [4.69, 9.17) is 9.47 Å². The van der Waals surface area contributed by atoms with Gasteiger partial charge in [-0.3, -0.25) is 0 Å². The zero-order chi connectivity index (χ0) is 26.9. The van der Waals surface area contributed by atoms with Crippen molar-refractivity contribution in [2.45, 2.75) is 38.0 Å². The molecular formula is C18H28F10O6. The fourth-order valence-electron chi connectivity index (χ4n) is 2.04. The van der Waals surface area contributed by atoms with E-state index >= 15 is 0 Å². The van der Waals surface area contributed by atoms with Gasteiger partial charge in [-0.2, -0.15) is 43.9 Å². The number of halogens is 10. The minimum Gasteiger partial charge on any atom is -0.396 e. The van der Waals surface area contributed by atoms with Gasteiger partial charge in [-0.05, 0) is 0 Å². The Balaban J connectivity index is 4.33. The van der Waals surface area contributed by atoms with Crippen LogP contribution in [0.25, 0.3) is 0 Å². The van der Waals surface area contributed by atoms with Crippen LogP contribution in [-0.2, 0) is 18.9 Å². The molecule has 34 heavy (non-hydrogen) atoms. The Morgan fingerprint density at radius 3 is 0.971 bits per heavy atom. The second-order valence-corrected chi connectivity index (χ2v) is 8.43. The molecule has 0 radical (unpaired) electrons. The predicted octanol–water partition coefficient (Wildman–Crippen LogP) is 3.45. The first-order chi connectivity index (χ1) is 15.2. The van der Waals surface area contributed by atoms with Gasteiger partial charge in [0.05, 0.1) is 52.9 Å². The van der Waals surface area contributed by atoms with Gasteiger partial charge in [0.15, 0.2) is 0 Å². The predicted molar refractivity (Wildman–Crippen MR) is 95.7 cm³/mol. The third-order valence-corrected chi connectivity index (χ3v) is 4.33. The van der Waals surface area contributed by atoms with Crippen LogP contribution >= 0.6 is 0 Å². The van der Waals surface area contributed by atoms with Crippen molar-refractivity contribution in [2.75, 3.05) is 66.1 Å². The summed E-state index contributed by atoms with van der Waals surface area (Å²) < 4.78 is 143. The molecule has 0 saturated carbocycles. The van der Waals surface area contributed by atoms with Gasteiger partial charge in [-0.15, -0.1) is 0 Å². The summed E-state index contributed by atoms with van der Waals surface area (Å²) in [6.07, 6.45) is -11.6. The lowest BCUT2D eigenvalue weighted by Crippen LogP contribution is -2.43. The van der Waals surface area contributed by atoms with Crippen LogP contribution in [0.3, 0.4) is 0 Å². The highest BCUT2D eigenvalue weighted by Crippen LogP contribution is 2.36. The third kappa shape index (κ3) is 11.2. The van der Waals surface area contributed by atoms with Crippen LogP contribution in [0, 0.1) is 10.8 Å². The number of hydrogen-bond acceptors (Lipinski definition) is 6. The van der Waals surface area contributed by atoms with Crippen molar-refractivity contribution in [1.29, 1.82) is 0 Å². The monoisotopic (exact) mass is 530 g/mol. The quantitative estimate of drug-likeness (QED) is 0.222.